The molecule has 1 aliphatic rings. The van der Waals surface area contributed by atoms with Crippen molar-refractivity contribution in [1.82, 2.24) is 10.3 Å². The average Bonchev–Trinajstić information content (AvgIpc) is 2.81. The third kappa shape index (κ3) is 3.45. The highest BCUT2D eigenvalue weighted by molar-refractivity contribution is 5.93. The molecule has 0 amide bonds. The summed E-state index contributed by atoms with van der Waals surface area (Å²) in [6, 6.07) is 10.4. The number of nitrogens with one attached hydrogen (secondary N) is 2. The number of benzene rings is 1. The second-order valence-electron chi connectivity index (χ2n) is 4.60. The van der Waals surface area contributed by atoms with E-state index in [0.29, 0.717) is 12.0 Å². The Hall–Kier alpha value is -1.59. The number of likely N-dealkylation sites (N-methyl/N-ethyl adjacent to an activating group) is 1. The maximum absolute atomic E-state index is 5.48. The minimum atomic E-state index is 0.533. The van der Waals surface area contributed by atoms with Gasteiger partial charge in [0.05, 0.1) is 6.54 Å². The van der Waals surface area contributed by atoms with Gasteiger partial charge in [-0.3, -0.25) is 10.4 Å². The van der Waals surface area contributed by atoms with Crippen LogP contribution in [0.4, 0.5) is 5.69 Å². The van der Waals surface area contributed by atoms with Crippen LogP contribution in [0.1, 0.15) is 12.8 Å². The molecule has 1 aromatic carbocycles. The maximum atomic E-state index is 5.48. The van der Waals surface area contributed by atoms with E-state index < -0.39 is 0 Å². The normalized spacial score (nSPS) is 21.0. The first-order valence-electron chi connectivity index (χ1n) is 6.33. The number of rotatable bonds is 3. The maximum Gasteiger partial charge on any atom is 0.210 e. The molecule has 4 N–H and O–H groups in total. The van der Waals surface area contributed by atoms with Crippen LogP contribution in [-0.4, -0.2) is 37.0 Å². The van der Waals surface area contributed by atoms with Gasteiger partial charge in [0, 0.05) is 11.7 Å². The van der Waals surface area contributed by atoms with Crippen molar-refractivity contribution in [3.8, 4) is 0 Å². The summed E-state index contributed by atoms with van der Waals surface area (Å²) in [5.74, 6) is 6.10. The second kappa shape index (κ2) is 6.37. The third-order valence-electron chi connectivity index (χ3n) is 3.30. The van der Waals surface area contributed by atoms with Gasteiger partial charge in [-0.15, -0.1) is 0 Å². The molecule has 18 heavy (non-hydrogen) atoms. The standard InChI is InChI=1S/C13H21N5/c1-18-9-5-8-12(18)10-15-13(17-14)16-11-6-3-2-4-7-11/h2-4,6-7,12H,5,8-10,14H2,1H3,(H2,15,16,17). The molecule has 0 spiro atoms. The highest BCUT2D eigenvalue weighted by Gasteiger charge is 2.20. The van der Waals surface area contributed by atoms with E-state index in [9.17, 15) is 0 Å². The first kappa shape index (κ1) is 12.9. The summed E-state index contributed by atoms with van der Waals surface area (Å²) in [5.41, 5.74) is 3.59. The van der Waals surface area contributed by atoms with E-state index in [-0.39, 0.29) is 0 Å². The zero-order chi connectivity index (χ0) is 12.8. The van der Waals surface area contributed by atoms with Crippen LogP contribution in [-0.2, 0) is 0 Å². The van der Waals surface area contributed by atoms with Crippen LogP contribution in [0.5, 0.6) is 0 Å². The van der Waals surface area contributed by atoms with E-state index in [0.717, 1.165) is 18.8 Å². The molecule has 1 saturated heterocycles. The zero-order valence-corrected chi connectivity index (χ0v) is 10.8. The fourth-order valence-electron chi connectivity index (χ4n) is 2.19. The first-order chi connectivity index (χ1) is 8.79. The quantitative estimate of drug-likeness (QED) is 0.323. The number of hydrazine groups is 1. The van der Waals surface area contributed by atoms with Crippen molar-refractivity contribution in [3.63, 3.8) is 0 Å². The molecular formula is C13H21N5. The summed E-state index contributed by atoms with van der Waals surface area (Å²) in [5, 5.41) is 3.16. The molecule has 0 saturated carbocycles. The number of aliphatic imine (C=N–C) groups is 1. The first-order valence-corrected chi connectivity index (χ1v) is 6.33. The lowest BCUT2D eigenvalue weighted by molar-refractivity contribution is 0.317. The van der Waals surface area contributed by atoms with Gasteiger partial charge in [0.15, 0.2) is 0 Å². The molecule has 1 heterocycles. The van der Waals surface area contributed by atoms with Crippen molar-refractivity contribution in [2.24, 2.45) is 10.8 Å². The molecule has 5 heteroatoms. The monoisotopic (exact) mass is 247 g/mol. The molecular weight excluding hydrogens is 226 g/mol. The number of likely N-dealkylation sites (tertiary alicyclic amines) is 1. The molecule has 0 aliphatic carbocycles. The SMILES string of the molecule is CN1CCCC1CN=C(NN)Nc1ccccc1. The van der Waals surface area contributed by atoms with Crippen LogP contribution in [0.15, 0.2) is 35.3 Å². The lowest BCUT2D eigenvalue weighted by atomic mass is 10.2. The van der Waals surface area contributed by atoms with Crippen molar-refractivity contribution < 1.29 is 0 Å². The van der Waals surface area contributed by atoms with Crippen molar-refractivity contribution >= 4 is 11.6 Å². The van der Waals surface area contributed by atoms with Crippen molar-refractivity contribution in [2.75, 3.05) is 25.5 Å². The number of guanidine groups is 1. The Morgan fingerprint density at radius 3 is 2.83 bits per heavy atom. The van der Waals surface area contributed by atoms with Gasteiger partial charge >= 0.3 is 0 Å². The molecule has 0 radical (unpaired) electrons. The largest absolute Gasteiger partial charge is 0.325 e. The van der Waals surface area contributed by atoms with E-state index >= 15 is 0 Å². The Labute approximate surface area is 108 Å². The van der Waals surface area contributed by atoms with Crippen molar-refractivity contribution in [3.05, 3.63) is 30.3 Å². The smallest absolute Gasteiger partial charge is 0.210 e. The fraction of sp³-hybridized carbons (Fsp3) is 0.462. The Balaban J connectivity index is 1.91. The molecule has 1 aliphatic heterocycles. The Morgan fingerprint density at radius 2 is 2.22 bits per heavy atom. The van der Waals surface area contributed by atoms with E-state index in [1.807, 2.05) is 30.3 Å². The summed E-state index contributed by atoms with van der Waals surface area (Å²) < 4.78 is 0. The Kier molecular flexibility index (Phi) is 4.55. The van der Waals surface area contributed by atoms with Gasteiger partial charge in [-0.25, -0.2) is 5.84 Å². The number of anilines is 1. The van der Waals surface area contributed by atoms with Crippen molar-refractivity contribution in [2.45, 2.75) is 18.9 Å². The highest BCUT2D eigenvalue weighted by Crippen LogP contribution is 2.14. The Morgan fingerprint density at radius 1 is 1.44 bits per heavy atom. The minimum absolute atomic E-state index is 0.533. The highest BCUT2D eigenvalue weighted by atomic mass is 15.3. The molecule has 1 fully saturated rings. The summed E-state index contributed by atoms with van der Waals surface area (Å²) >= 11 is 0. The topological polar surface area (TPSA) is 65.7 Å². The van der Waals surface area contributed by atoms with Gasteiger partial charge in [-0.05, 0) is 38.6 Å². The van der Waals surface area contributed by atoms with E-state index in [4.69, 9.17) is 5.84 Å². The van der Waals surface area contributed by atoms with Gasteiger partial charge in [0.2, 0.25) is 5.96 Å². The van der Waals surface area contributed by atoms with Gasteiger partial charge in [0.25, 0.3) is 0 Å². The summed E-state index contributed by atoms with van der Waals surface area (Å²) in [6.07, 6.45) is 2.47. The van der Waals surface area contributed by atoms with Crippen LogP contribution >= 0.6 is 0 Å². The van der Waals surface area contributed by atoms with Gasteiger partial charge in [-0.1, -0.05) is 18.2 Å². The molecule has 0 bridgehead atoms. The van der Waals surface area contributed by atoms with E-state index in [2.05, 4.69) is 27.7 Å². The van der Waals surface area contributed by atoms with Gasteiger partial charge in [-0.2, -0.15) is 0 Å². The summed E-state index contributed by atoms with van der Waals surface area (Å²) in [6.45, 7) is 1.94. The number of nitrogens with zero attached hydrogens (tertiary/aromatic N) is 2. The molecule has 0 aromatic heterocycles. The predicted molar refractivity (Wildman–Crippen MR) is 75.3 cm³/mol. The van der Waals surface area contributed by atoms with E-state index in [1.165, 1.54) is 12.8 Å². The molecule has 98 valence electrons. The van der Waals surface area contributed by atoms with Crippen LogP contribution in [0.25, 0.3) is 0 Å². The van der Waals surface area contributed by atoms with Crippen molar-refractivity contribution in [1.29, 1.82) is 0 Å². The van der Waals surface area contributed by atoms with Crippen LogP contribution in [0.3, 0.4) is 0 Å². The lowest BCUT2D eigenvalue weighted by Crippen LogP contribution is -2.37. The zero-order valence-electron chi connectivity index (χ0n) is 10.8. The molecule has 5 nitrogen and oxygen atoms in total. The fourth-order valence-corrected chi connectivity index (χ4v) is 2.19. The molecule has 2 rings (SSSR count). The van der Waals surface area contributed by atoms with E-state index in [1.54, 1.807) is 0 Å². The number of nitrogens with two attached hydrogens (primary N) is 1. The molecule has 1 atom stereocenters. The molecule has 1 unspecified atom stereocenters. The Bertz CT molecular complexity index is 390. The van der Waals surface area contributed by atoms with Gasteiger partial charge < -0.3 is 10.2 Å². The minimum Gasteiger partial charge on any atom is -0.325 e. The number of hydrogen-bond acceptors (Lipinski definition) is 3. The number of hydrogen-bond donors (Lipinski definition) is 3. The third-order valence-corrected chi connectivity index (χ3v) is 3.30. The summed E-state index contributed by atoms with van der Waals surface area (Å²) in [7, 11) is 2.15. The average molecular weight is 247 g/mol. The second-order valence-corrected chi connectivity index (χ2v) is 4.60. The van der Waals surface area contributed by atoms with Crippen LogP contribution in [0.2, 0.25) is 0 Å². The number of para-hydroxylation sites is 1. The van der Waals surface area contributed by atoms with Gasteiger partial charge in [0.1, 0.15) is 0 Å². The van der Waals surface area contributed by atoms with Crippen LogP contribution in [0, 0.1) is 0 Å². The molecule has 1 aromatic rings. The predicted octanol–water partition coefficient (Wildman–Crippen LogP) is 1.01. The summed E-state index contributed by atoms with van der Waals surface area (Å²) in [4.78, 5) is 6.85. The van der Waals surface area contributed by atoms with Crippen LogP contribution < -0.4 is 16.6 Å². The lowest BCUT2D eigenvalue weighted by Gasteiger charge is -2.17.